The predicted octanol–water partition coefficient (Wildman–Crippen LogP) is 2.76. The maximum Gasteiger partial charge on any atom is 0.314 e. The molecule has 8 heteroatoms. The van der Waals surface area contributed by atoms with Gasteiger partial charge in [0.05, 0.1) is 30.9 Å². The Morgan fingerprint density at radius 1 is 1.46 bits per heavy atom. The van der Waals surface area contributed by atoms with Gasteiger partial charge in [0, 0.05) is 5.56 Å². The van der Waals surface area contributed by atoms with Crippen LogP contribution in [0.3, 0.4) is 0 Å². The average molecular weight is 350 g/mol. The number of fused-ring (bicyclic) bond motifs is 1. The molecule has 0 fully saturated rings. The minimum atomic E-state index is -0.815. The van der Waals surface area contributed by atoms with Crippen molar-refractivity contribution in [1.29, 1.82) is 5.26 Å². The Morgan fingerprint density at radius 3 is 2.85 bits per heavy atom. The number of carbonyl (C=O) groups excluding carboxylic acids is 1. The van der Waals surface area contributed by atoms with E-state index < -0.39 is 11.9 Å². The number of nitrogens with two attached hydrogens (primary N) is 1. The summed E-state index contributed by atoms with van der Waals surface area (Å²) in [5.74, 6) is -0.357. The number of anilines is 1. The van der Waals surface area contributed by atoms with Crippen LogP contribution in [0.2, 0.25) is 0 Å². The number of nitrogens with zero attached hydrogens (tertiary/aromatic N) is 3. The van der Waals surface area contributed by atoms with E-state index in [4.69, 9.17) is 26.5 Å². The molecule has 0 amide bonds. The summed E-state index contributed by atoms with van der Waals surface area (Å²) in [5, 5.41) is 9.73. The van der Waals surface area contributed by atoms with Gasteiger partial charge in [0.2, 0.25) is 12.5 Å². The van der Waals surface area contributed by atoms with Gasteiger partial charge in [-0.1, -0.05) is 6.07 Å². The van der Waals surface area contributed by atoms with E-state index in [1.54, 1.807) is 25.1 Å². The zero-order chi connectivity index (χ0) is 18.8. The van der Waals surface area contributed by atoms with Crippen molar-refractivity contribution < 1.29 is 19.0 Å². The number of benzene rings is 1. The lowest BCUT2D eigenvalue weighted by molar-refractivity contribution is -0.142. The molecule has 0 saturated heterocycles. The molecular formula is C18H14N4O4. The molecule has 2 aromatic rings. The summed E-state index contributed by atoms with van der Waals surface area (Å²) in [7, 11) is 1.25. The summed E-state index contributed by atoms with van der Waals surface area (Å²) in [4.78, 5) is 19.5. The highest BCUT2D eigenvalue weighted by Crippen LogP contribution is 2.43. The second-order valence-electron chi connectivity index (χ2n) is 5.52. The first kappa shape index (κ1) is 17.1. The molecule has 8 nitrogen and oxygen atoms in total. The van der Waals surface area contributed by atoms with Crippen LogP contribution in [0, 0.1) is 17.9 Å². The topological polar surface area (TPSA) is 112 Å². The van der Waals surface area contributed by atoms with Crippen molar-refractivity contribution in [3.8, 4) is 28.7 Å². The zero-order valence-electron chi connectivity index (χ0n) is 14.1. The molecule has 0 aliphatic carbocycles. The summed E-state index contributed by atoms with van der Waals surface area (Å²) >= 11 is 0. The van der Waals surface area contributed by atoms with Crippen LogP contribution >= 0.6 is 0 Å². The molecule has 1 atom stereocenters. The molecule has 3 rings (SSSR count). The van der Waals surface area contributed by atoms with Crippen LogP contribution in [-0.4, -0.2) is 24.9 Å². The highest BCUT2D eigenvalue weighted by Gasteiger charge is 2.28. The van der Waals surface area contributed by atoms with E-state index in [0.29, 0.717) is 22.6 Å². The molecule has 1 aromatic carbocycles. The van der Waals surface area contributed by atoms with Gasteiger partial charge >= 0.3 is 5.97 Å². The fourth-order valence-electron chi connectivity index (χ4n) is 2.77. The van der Waals surface area contributed by atoms with Crippen molar-refractivity contribution in [1.82, 2.24) is 4.98 Å². The van der Waals surface area contributed by atoms with Gasteiger partial charge < -0.3 is 19.9 Å². The lowest BCUT2D eigenvalue weighted by Crippen LogP contribution is -2.15. The summed E-state index contributed by atoms with van der Waals surface area (Å²) in [5.41, 5.74) is 7.10. The van der Waals surface area contributed by atoms with Crippen LogP contribution < -0.4 is 15.2 Å². The summed E-state index contributed by atoms with van der Waals surface area (Å²) in [6, 6.07) is 7.10. The number of hydrogen-bond acceptors (Lipinski definition) is 7. The van der Waals surface area contributed by atoms with Gasteiger partial charge in [-0.3, -0.25) is 4.79 Å². The molecule has 26 heavy (non-hydrogen) atoms. The van der Waals surface area contributed by atoms with E-state index in [2.05, 4.69) is 15.9 Å². The number of ether oxygens (including phenoxy) is 3. The number of methoxy groups -OCH3 is 1. The summed E-state index contributed by atoms with van der Waals surface area (Å²) in [6.45, 7) is 9.11. The van der Waals surface area contributed by atoms with Gasteiger partial charge in [0.1, 0.15) is 11.9 Å². The number of nitrogen functional groups attached to an aromatic ring is 1. The minimum absolute atomic E-state index is 0.0428. The number of rotatable bonds is 3. The number of aromatic nitrogens is 1. The van der Waals surface area contributed by atoms with Crippen molar-refractivity contribution in [3.05, 3.63) is 40.9 Å². The normalized spacial score (nSPS) is 12.8. The highest BCUT2D eigenvalue weighted by molar-refractivity contribution is 5.92. The van der Waals surface area contributed by atoms with Gasteiger partial charge in [-0.05, 0) is 24.6 Å². The van der Waals surface area contributed by atoms with Gasteiger partial charge in [0.15, 0.2) is 11.5 Å². The molecule has 130 valence electrons. The number of pyridine rings is 1. The Balaban J connectivity index is 2.30. The van der Waals surface area contributed by atoms with Gasteiger partial charge in [-0.2, -0.15) is 5.26 Å². The quantitative estimate of drug-likeness (QED) is 0.669. The molecular weight excluding hydrogens is 336 g/mol. The van der Waals surface area contributed by atoms with Crippen molar-refractivity contribution in [2.24, 2.45) is 0 Å². The monoisotopic (exact) mass is 350 g/mol. The van der Waals surface area contributed by atoms with E-state index in [1.807, 2.05) is 0 Å². The maximum absolute atomic E-state index is 11.9. The molecule has 0 radical (unpaired) electrons. The Morgan fingerprint density at radius 2 is 2.19 bits per heavy atom. The first-order chi connectivity index (χ1) is 12.5. The van der Waals surface area contributed by atoms with E-state index >= 15 is 0 Å². The number of carbonyl (C=O) groups is 1. The number of esters is 1. The van der Waals surface area contributed by atoms with E-state index in [1.165, 1.54) is 7.11 Å². The molecule has 2 heterocycles. The van der Waals surface area contributed by atoms with Crippen molar-refractivity contribution in [2.45, 2.75) is 12.8 Å². The van der Waals surface area contributed by atoms with Gasteiger partial charge in [-0.15, -0.1) is 0 Å². The lowest BCUT2D eigenvalue weighted by Gasteiger charge is -2.16. The van der Waals surface area contributed by atoms with Crippen molar-refractivity contribution >= 4 is 17.5 Å². The van der Waals surface area contributed by atoms with E-state index in [-0.39, 0.29) is 29.6 Å². The molecule has 1 aliphatic rings. The standard InChI is InChI=1S/C18H14N4O4/c1-9(18(23)24-3)15-11(7-19)14(16(21-2)17(20)22-15)10-4-5-12-13(6-10)26-8-25-12/h4-6,9H,8H2,1,3H3,(H2,20,22). The third-order valence-corrected chi connectivity index (χ3v) is 4.08. The van der Waals surface area contributed by atoms with Crippen molar-refractivity contribution in [2.75, 3.05) is 19.6 Å². The summed E-state index contributed by atoms with van der Waals surface area (Å²) in [6.07, 6.45) is 0. The van der Waals surface area contributed by atoms with Crippen LogP contribution in [0.4, 0.5) is 11.5 Å². The van der Waals surface area contributed by atoms with Crippen LogP contribution in [0.5, 0.6) is 11.5 Å². The molecule has 0 spiro atoms. The first-order valence-electron chi connectivity index (χ1n) is 7.60. The molecule has 1 unspecified atom stereocenters. The second-order valence-corrected chi connectivity index (χ2v) is 5.52. The van der Waals surface area contributed by atoms with Crippen LogP contribution in [0.15, 0.2) is 18.2 Å². The Labute approximate surface area is 149 Å². The molecule has 0 saturated carbocycles. The van der Waals surface area contributed by atoms with Crippen LogP contribution in [0.1, 0.15) is 24.1 Å². The third kappa shape index (κ3) is 2.64. The van der Waals surface area contributed by atoms with E-state index in [0.717, 1.165) is 0 Å². The maximum atomic E-state index is 11.9. The largest absolute Gasteiger partial charge is 0.469 e. The fraction of sp³-hybridized carbons (Fsp3) is 0.222. The fourth-order valence-corrected chi connectivity index (χ4v) is 2.77. The second kappa shape index (κ2) is 6.61. The predicted molar refractivity (Wildman–Crippen MR) is 91.6 cm³/mol. The Hall–Kier alpha value is -3.78. The van der Waals surface area contributed by atoms with Crippen LogP contribution in [0.25, 0.3) is 16.0 Å². The average Bonchev–Trinajstić information content (AvgIpc) is 3.13. The Bertz CT molecular complexity index is 988. The first-order valence-corrected chi connectivity index (χ1v) is 7.60. The van der Waals surface area contributed by atoms with Gasteiger partial charge in [0.25, 0.3) is 0 Å². The molecule has 0 bridgehead atoms. The molecule has 1 aromatic heterocycles. The van der Waals surface area contributed by atoms with Gasteiger partial charge in [-0.25, -0.2) is 9.83 Å². The zero-order valence-corrected chi connectivity index (χ0v) is 14.1. The number of hydrogen-bond donors (Lipinski definition) is 1. The smallest absolute Gasteiger partial charge is 0.314 e. The lowest BCUT2D eigenvalue weighted by atomic mass is 9.92. The minimum Gasteiger partial charge on any atom is -0.469 e. The molecule has 2 N–H and O–H groups in total. The Kier molecular flexibility index (Phi) is 4.34. The van der Waals surface area contributed by atoms with Crippen LogP contribution in [-0.2, 0) is 9.53 Å². The highest BCUT2D eigenvalue weighted by atomic mass is 16.7. The third-order valence-electron chi connectivity index (χ3n) is 4.08. The summed E-state index contributed by atoms with van der Waals surface area (Å²) < 4.78 is 15.4. The van der Waals surface area contributed by atoms with E-state index in [9.17, 15) is 10.1 Å². The number of nitriles is 1. The van der Waals surface area contributed by atoms with Crippen molar-refractivity contribution in [3.63, 3.8) is 0 Å². The molecule has 1 aliphatic heterocycles. The SMILES string of the molecule is [C-]#[N+]c1c(N)nc(C(C)C(=O)OC)c(C#N)c1-c1ccc2c(c1)OCO2.